The number of nitrogens with one attached hydrogen (secondary N) is 1. The molecule has 1 unspecified atom stereocenters. The van der Waals surface area contributed by atoms with Gasteiger partial charge in [-0.05, 0) is 38.8 Å². The van der Waals surface area contributed by atoms with Crippen molar-refractivity contribution in [2.24, 2.45) is 0 Å². The number of rotatable bonds is 4. The summed E-state index contributed by atoms with van der Waals surface area (Å²) in [7, 11) is 0. The van der Waals surface area contributed by atoms with Gasteiger partial charge in [-0.3, -0.25) is 0 Å². The van der Waals surface area contributed by atoms with E-state index in [1.807, 2.05) is 6.92 Å². The first-order valence-electron chi connectivity index (χ1n) is 9.43. The largest absolute Gasteiger partial charge is 0.478 e. The van der Waals surface area contributed by atoms with Crippen molar-refractivity contribution >= 4 is 29.5 Å². The molecule has 1 aliphatic heterocycles. The Morgan fingerprint density at radius 3 is 2.55 bits per heavy atom. The molecule has 0 radical (unpaired) electrons. The van der Waals surface area contributed by atoms with E-state index in [0.717, 1.165) is 11.1 Å². The quantitative estimate of drug-likeness (QED) is 0.725. The lowest BCUT2D eigenvalue weighted by molar-refractivity contribution is -0.133. The van der Waals surface area contributed by atoms with Gasteiger partial charge in [0.25, 0.3) is 0 Å². The molecule has 2 aromatic rings. The number of ether oxygens (including phenoxy) is 1. The number of halogens is 1. The highest BCUT2D eigenvalue weighted by Crippen LogP contribution is 2.44. The summed E-state index contributed by atoms with van der Waals surface area (Å²) in [4.78, 5) is 24.7. The number of aromatic nitrogens is 2. The highest BCUT2D eigenvalue weighted by Gasteiger charge is 2.37. The molecule has 0 bridgehead atoms. The van der Waals surface area contributed by atoms with Crippen LogP contribution in [0.15, 0.2) is 41.7 Å². The number of hydrogen-bond acceptors (Lipinski definition) is 5. The zero-order valence-electron chi connectivity index (χ0n) is 16.8. The minimum absolute atomic E-state index is 0.205. The molecule has 154 valence electrons. The molecule has 7 nitrogen and oxygen atoms in total. The summed E-state index contributed by atoms with van der Waals surface area (Å²) in [5.41, 5.74) is 1.28. The molecule has 2 heterocycles. The summed E-state index contributed by atoms with van der Waals surface area (Å²) >= 11 is 6.42. The minimum atomic E-state index is -1.04. The summed E-state index contributed by atoms with van der Waals surface area (Å²) in [6.07, 6.45) is 2.15. The van der Waals surface area contributed by atoms with Crippen molar-refractivity contribution in [1.82, 2.24) is 9.78 Å². The van der Waals surface area contributed by atoms with Crippen molar-refractivity contribution in [2.45, 2.75) is 52.1 Å². The Labute approximate surface area is 174 Å². The number of aliphatic carboxylic acids is 1. The summed E-state index contributed by atoms with van der Waals surface area (Å²) in [5, 5.41) is 17.9. The maximum Gasteiger partial charge on any atom is 0.435 e. The van der Waals surface area contributed by atoms with Gasteiger partial charge in [-0.25, -0.2) is 9.59 Å². The van der Waals surface area contributed by atoms with Crippen molar-refractivity contribution in [3.05, 3.63) is 57.9 Å². The Morgan fingerprint density at radius 1 is 1.28 bits per heavy atom. The summed E-state index contributed by atoms with van der Waals surface area (Å²) in [6, 6.07) is 7.10. The van der Waals surface area contributed by atoms with E-state index in [1.165, 1.54) is 6.20 Å². The molecule has 0 spiro atoms. The Bertz CT molecular complexity index is 988. The average molecular weight is 418 g/mol. The molecule has 1 aromatic carbocycles. The molecule has 29 heavy (non-hydrogen) atoms. The van der Waals surface area contributed by atoms with Crippen LogP contribution < -0.4 is 5.32 Å². The maximum absolute atomic E-state index is 12.5. The molecule has 1 aliphatic rings. The van der Waals surface area contributed by atoms with E-state index < -0.39 is 23.6 Å². The van der Waals surface area contributed by atoms with Crippen molar-refractivity contribution < 1.29 is 19.4 Å². The number of carbonyl (C=O) groups is 2. The van der Waals surface area contributed by atoms with Crippen LogP contribution in [0.2, 0.25) is 5.02 Å². The van der Waals surface area contributed by atoms with Gasteiger partial charge < -0.3 is 15.2 Å². The number of anilines is 1. The molecule has 1 aromatic heterocycles. The van der Waals surface area contributed by atoms with Crippen LogP contribution in [-0.2, 0) is 9.53 Å². The van der Waals surface area contributed by atoms with Gasteiger partial charge in [0.15, 0.2) is 5.82 Å². The Hall–Kier alpha value is -2.80. The molecule has 1 atom stereocenters. The van der Waals surface area contributed by atoms with E-state index >= 15 is 0 Å². The van der Waals surface area contributed by atoms with Gasteiger partial charge in [0.2, 0.25) is 0 Å². The molecular formula is C21H24ClN3O4. The maximum atomic E-state index is 12.5. The second-order valence-corrected chi connectivity index (χ2v) is 8.29. The van der Waals surface area contributed by atoms with E-state index in [9.17, 15) is 14.7 Å². The third kappa shape index (κ3) is 4.29. The molecular weight excluding hydrogens is 394 g/mol. The normalized spacial score (nSPS) is 16.2. The van der Waals surface area contributed by atoms with Crippen LogP contribution in [-0.4, -0.2) is 32.6 Å². The second-order valence-electron chi connectivity index (χ2n) is 7.88. The lowest BCUT2D eigenvalue weighted by Gasteiger charge is -2.27. The van der Waals surface area contributed by atoms with Gasteiger partial charge in [0.1, 0.15) is 5.60 Å². The number of carbonyl (C=O) groups excluding carboxylic acids is 1. The number of fused-ring (bicyclic) bond motifs is 1. The van der Waals surface area contributed by atoms with E-state index in [2.05, 4.69) is 10.4 Å². The molecule has 3 rings (SSSR count). The van der Waals surface area contributed by atoms with E-state index in [0.29, 0.717) is 34.1 Å². The number of carboxylic acids is 1. The smallest absolute Gasteiger partial charge is 0.435 e. The monoisotopic (exact) mass is 417 g/mol. The number of hydrogen-bond donors (Lipinski definition) is 2. The van der Waals surface area contributed by atoms with Crippen molar-refractivity contribution in [3.8, 4) is 0 Å². The molecule has 2 N–H and O–H groups in total. The third-order valence-electron chi connectivity index (χ3n) is 4.46. The lowest BCUT2D eigenvalue weighted by atomic mass is 9.82. The first kappa shape index (κ1) is 20.9. The summed E-state index contributed by atoms with van der Waals surface area (Å²) in [5.74, 6) is -1.27. The number of nitrogens with zero attached hydrogens (tertiary/aromatic N) is 2. The minimum Gasteiger partial charge on any atom is -0.478 e. The Kier molecular flexibility index (Phi) is 5.71. The van der Waals surface area contributed by atoms with Gasteiger partial charge in [0, 0.05) is 28.4 Å². The van der Waals surface area contributed by atoms with Crippen LogP contribution in [0.4, 0.5) is 10.6 Å². The van der Waals surface area contributed by atoms with Crippen LogP contribution in [0.3, 0.4) is 0 Å². The molecule has 0 saturated heterocycles. The van der Waals surface area contributed by atoms with Crippen LogP contribution in [0.25, 0.3) is 0 Å². The fourth-order valence-corrected chi connectivity index (χ4v) is 3.61. The Balaban J connectivity index is 2.16. The van der Waals surface area contributed by atoms with Gasteiger partial charge in [0.05, 0.1) is 5.57 Å². The average Bonchev–Trinajstić information content (AvgIpc) is 3.04. The van der Waals surface area contributed by atoms with Gasteiger partial charge in [-0.2, -0.15) is 4.68 Å². The topological polar surface area (TPSA) is 93.5 Å². The van der Waals surface area contributed by atoms with E-state index in [4.69, 9.17) is 16.3 Å². The molecule has 0 saturated carbocycles. The summed E-state index contributed by atoms with van der Waals surface area (Å²) in [6.45, 7) is 7.26. The zero-order chi connectivity index (χ0) is 21.3. The molecule has 8 heteroatoms. The first-order valence-corrected chi connectivity index (χ1v) is 9.81. The number of allylic oxidation sites excluding steroid dienone is 1. The Morgan fingerprint density at radius 2 is 1.97 bits per heavy atom. The number of carboxylic acid groups (broad SMARTS) is 1. The van der Waals surface area contributed by atoms with Crippen molar-refractivity contribution in [3.63, 3.8) is 0 Å². The highest BCUT2D eigenvalue weighted by molar-refractivity contribution is 6.31. The van der Waals surface area contributed by atoms with Crippen LogP contribution in [0, 0.1) is 0 Å². The van der Waals surface area contributed by atoms with Crippen LogP contribution >= 0.6 is 11.6 Å². The lowest BCUT2D eigenvalue weighted by Crippen LogP contribution is -2.27. The second kappa shape index (κ2) is 7.91. The van der Waals surface area contributed by atoms with Gasteiger partial charge in [-0.15, -0.1) is 5.10 Å². The predicted molar refractivity (Wildman–Crippen MR) is 110 cm³/mol. The first-order chi connectivity index (χ1) is 13.6. The van der Waals surface area contributed by atoms with Crippen molar-refractivity contribution in [2.75, 3.05) is 5.32 Å². The zero-order valence-corrected chi connectivity index (χ0v) is 17.6. The predicted octanol–water partition coefficient (Wildman–Crippen LogP) is 5.02. The molecule has 0 amide bonds. The van der Waals surface area contributed by atoms with Gasteiger partial charge in [-0.1, -0.05) is 43.1 Å². The van der Waals surface area contributed by atoms with E-state index in [1.54, 1.807) is 45.0 Å². The SMILES string of the molecule is CCCC1=C(C(=O)O)C(c2ccccc2Cl)c2cn(C(=O)OC(C)(C)C)nc2N1. The number of benzene rings is 1. The summed E-state index contributed by atoms with van der Waals surface area (Å²) < 4.78 is 6.49. The standard InChI is InChI=1S/C21H24ClN3O4/c1-5-8-15-17(19(26)27)16(12-9-6-7-10-14(12)22)13-11-25(24-18(13)23-15)20(28)29-21(2,3)4/h6-7,9-11,16H,5,8H2,1-4H3,(H,23,24)(H,26,27). The van der Waals surface area contributed by atoms with Crippen LogP contribution in [0.1, 0.15) is 57.6 Å². The third-order valence-corrected chi connectivity index (χ3v) is 4.81. The van der Waals surface area contributed by atoms with Crippen molar-refractivity contribution in [1.29, 1.82) is 0 Å². The fourth-order valence-electron chi connectivity index (χ4n) is 3.37. The highest BCUT2D eigenvalue weighted by atomic mass is 35.5. The molecule has 0 aliphatic carbocycles. The van der Waals surface area contributed by atoms with E-state index in [-0.39, 0.29) is 5.57 Å². The molecule has 0 fully saturated rings. The van der Waals surface area contributed by atoms with Gasteiger partial charge >= 0.3 is 12.1 Å². The fraction of sp³-hybridized carbons (Fsp3) is 0.381. The van der Waals surface area contributed by atoms with Crippen LogP contribution in [0.5, 0.6) is 0 Å².